The Morgan fingerprint density at radius 1 is 0.339 bits per heavy atom. The van der Waals surface area contributed by atoms with Gasteiger partial charge in [-0.15, -0.1) is 0 Å². The molecule has 0 aliphatic carbocycles. The Kier molecular flexibility index (Phi) is 31.2. The molecule has 0 unspecified atom stereocenters. The highest BCUT2D eigenvalue weighted by Gasteiger charge is 2.16. The van der Waals surface area contributed by atoms with Gasteiger partial charge in [0.15, 0.2) is 0 Å². The second-order valence-corrected chi connectivity index (χ2v) is 14.2. The van der Waals surface area contributed by atoms with E-state index in [2.05, 4.69) is 31.2 Å². The van der Waals surface area contributed by atoms with Crippen LogP contribution in [0.4, 0.5) is 0 Å². The summed E-state index contributed by atoms with van der Waals surface area (Å²) in [7, 11) is 1.95. The molecule has 0 spiro atoms. The summed E-state index contributed by atoms with van der Waals surface area (Å²) in [5.41, 5.74) is 0.919. The summed E-state index contributed by atoms with van der Waals surface area (Å²) in [6, 6.07) is 0. The highest BCUT2D eigenvalue weighted by atomic mass is 16.6. The molecule has 350 valence electrons. The number of carbonyl (C=O) groups is 8. The van der Waals surface area contributed by atoms with Gasteiger partial charge in [-0.3, -0.25) is 19.2 Å². The molecule has 0 radical (unpaired) electrons. The Morgan fingerprint density at radius 3 is 0.758 bits per heavy atom. The van der Waals surface area contributed by atoms with Crippen LogP contribution >= 0.6 is 0 Å². The van der Waals surface area contributed by atoms with Gasteiger partial charge in [-0.2, -0.15) is 0 Å². The standard InChI is InChI=1S/C43H67N3O16/c1-32(2)40(51)59-28-24-55-36(47)12-20-45(21-13-37(48)56-25-29-60-41(52)33(3)4)18-10-16-44(9)17-11-19-46(22-14-38(49)57-26-30-61-42(53)34(5)6)23-15-39(50)58-27-31-62-43(54)35(7)8/h1,3,5,7,10-31H2,2,4,6,8-9H3. The lowest BCUT2D eigenvalue weighted by atomic mass is 10.2. The lowest BCUT2D eigenvalue weighted by Crippen LogP contribution is -2.34. The molecular formula is C43H67N3O16. The number of esters is 8. The molecule has 0 amide bonds. The van der Waals surface area contributed by atoms with Crippen molar-refractivity contribution in [2.45, 2.75) is 66.2 Å². The summed E-state index contributed by atoms with van der Waals surface area (Å²) >= 11 is 0. The minimum absolute atomic E-state index is 0.0258. The Balaban J connectivity index is 5.15. The number of hydrogen-bond acceptors (Lipinski definition) is 19. The summed E-state index contributed by atoms with van der Waals surface area (Å²) in [6.07, 6.45) is 1.46. The maximum atomic E-state index is 12.4. The summed E-state index contributed by atoms with van der Waals surface area (Å²) in [6.45, 7) is 22.7. The maximum Gasteiger partial charge on any atom is 0.333 e. The summed E-state index contributed by atoms with van der Waals surface area (Å²) < 4.78 is 40.5. The molecule has 0 atom stereocenters. The SMILES string of the molecule is C=C(C)C(=O)OCCOC(=O)CCN(CCCN(C)CCCN(CCC(=O)OCCOC(=O)C(=C)C)CCC(=O)OCCOC(=O)C(=C)C)CCC(=O)OCCOC(=O)C(=C)C. The quantitative estimate of drug-likeness (QED) is 0.0382. The van der Waals surface area contributed by atoms with E-state index in [1.165, 1.54) is 27.7 Å². The molecule has 0 heterocycles. The van der Waals surface area contributed by atoms with E-state index in [0.29, 0.717) is 39.0 Å². The average Bonchev–Trinajstić information content (AvgIpc) is 3.22. The Hall–Kier alpha value is -5.40. The fourth-order valence-corrected chi connectivity index (χ4v) is 4.85. The van der Waals surface area contributed by atoms with Crippen molar-refractivity contribution in [1.29, 1.82) is 0 Å². The molecular weight excluding hydrogens is 814 g/mol. The summed E-state index contributed by atoms with van der Waals surface area (Å²) in [5.74, 6) is -4.33. The van der Waals surface area contributed by atoms with E-state index in [0.717, 1.165) is 0 Å². The third-order valence-corrected chi connectivity index (χ3v) is 8.27. The molecule has 0 aliphatic heterocycles. The highest BCUT2D eigenvalue weighted by molar-refractivity contribution is 5.88. The zero-order valence-corrected chi connectivity index (χ0v) is 37.3. The predicted octanol–water partition coefficient (Wildman–Crippen LogP) is 2.51. The van der Waals surface area contributed by atoms with Crippen molar-refractivity contribution in [3.8, 4) is 0 Å². The topological polar surface area (TPSA) is 220 Å². The average molecular weight is 882 g/mol. The van der Waals surface area contributed by atoms with Gasteiger partial charge >= 0.3 is 47.8 Å². The van der Waals surface area contributed by atoms with E-state index in [-0.39, 0.29) is 127 Å². The molecule has 62 heavy (non-hydrogen) atoms. The van der Waals surface area contributed by atoms with E-state index in [4.69, 9.17) is 37.9 Å². The third kappa shape index (κ3) is 31.5. The van der Waals surface area contributed by atoms with Gasteiger partial charge in [-0.1, -0.05) is 26.3 Å². The molecule has 0 bridgehead atoms. The van der Waals surface area contributed by atoms with E-state index in [1.807, 2.05) is 16.8 Å². The van der Waals surface area contributed by atoms with Gasteiger partial charge in [0.2, 0.25) is 0 Å². The minimum atomic E-state index is -0.582. The largest absolute Gasteiger partial charge is 0.462 e. The van der Waals surface area contributed by atoms with Gasteiger partial charge in [-0.05, 0) is 73.8 Å². The zero-order chi connectivity index (χ0) is 46.9. The fraction of sp³-hybridized carbons (Fsp3) is 0.628. The van der Waals surface area contributed by atoms with Crippen LogP contribution in [0.15, 0.2) is 48.6 Å². The Labute approximate surface area is 365 Å². The second kappa shape index (κ2) is 34.2. The lowest BCUT2D eigenvalue weighted by molar-refractivity contribution is -0.151. The first kappa shape index (κ1) is 56.6. The van der Waals surface area contributed by atoms with Crippen LogP contribution in [0.1, 0.15) is 66.2 Å². The van der Waals surface area contributed by atoms with E-state index < -0.39 is 47.8 Å². The van der Waals surface area contributed by atoms with Crippen LogP contribution in [0.25, 0.3) is 0 Å². The summed E-state index contributed by atoms with van der Waals surface area (Å²) in [4.78, 5) is 102. The van der Waals surface area contributed by atoms with Gasteiger partial charge in [0, 0.05) is 48.5 Å². The first-order valence-electron chi connectivity index (χ1n) is 20.4. The van der Waals surface area contributed by atoms with Gasteiger partial charge in [0.1, 0.15) is 52.9 Å². The molecule has 0 fully saturated rings. The Morgan fingerprint density at radius 2 is 0.548 bits per heavy atom. The van der Waals surface area contributed by atoms with E-state index in [1.54, 1.807) is 0 Å². The predicted molar refractivity (Wildman–Crippen MR) is 225 cm³/mol. The molecule has 0 aromatic heterocycles. The van der Waals surface area contributed by atoms with Crippen LogP contribution in [-0.4, -0.2) is 175 Å². The second-order valence-electron chi connectivity index (χ2n) is 14.2. The number of hydrogen-bond donors (Lipinski definition) is 0. The number of rotatable bonds is 36. The number of nitrogens with zero attached hydrogens (tertiary/aromatic N) is 3. The molecule has 0 rings (SSSR count). The monoisotopic (exact) mass is 881 g/mol. The first-order chi connectivity index (χ1) is 29.3. The number of carbonyl (C=O) groups excluding carboxylic acids is 8. The van der Waals surface area contributed by atoms with Crippen molar-refractivity contribution in [2.75, 3.05) is 112 Å². The Bertz CT molecular complexity index is 1320. The van der Waals surface area contributed by atoms with Crippen molar-refractivity contribution in [3.05, 3.63) is 48.6 Å². The maximum absolute atomic E-state index is 12.4. The molecule has 0 aromatic rings. The summed E-state index contributed by atoms with van der Waals surface area (Å²) in [5, 5.41) is 0. The number of ether oxygens (including phenoxy) is 8. The van der Waals surface area contributed by atoms with E-state index in [9.17, 15) is 38.4 Å². The van der Waals surface area contributed by atoms with Crippen molar-refractivity contribution in [3.63, 3.8) is 0 Å². The molecule has 0 N–H and O–H groups in total. The van der Waals surface area contributed by atoms with Crippen molar-refractivity contribution >= 4 is 47.8 Å². The van der Waals surface area contributed by atoms with Crippen molar-refractivity contribution in [2.24, 2.45) is 0 Å². The van der Waals surface area contributed by atoms with E-state index >= 15 is 0 Å². The van der Waals surface area contributed by atoms with Crippen LogP contribution in [0.5, 0.6) is 0 Å². The van der Waals surface area contributed by atoms with Gasteiger partial charge in [-0.25, -0.2) is 19.2 Å². The molecule has 0 aliphatic rings. The van der Waals surface area contributed by atoms with Gasteiger partial charge < -0.3 is 52.6 Å². The molecule has 0 saturated carbocycles. The molecule has 0 saturated heterocycles. The molecule has 19 nitrogen and oxygen atoms in total. The minimum Gasteiger partial charge on any atom is -0.462 e. The van der Waals surface area contributed by atoms with Crippen LogP contribution in [0.2, 0.25) is 0 Å². The fourth-order valence-electron chi connectivity index (χ4n) is 4.85. The normalized spacial score (nSPS) is 10.7. The highest BCUT2D eigenvalue weighted by Crippen LogP contribution is 2.05. The van der Waals surface area contributed by atoms with Crippen molar-refractivity contribution in [1.82, 2.24) is 14.7 Å². The molecule has 0 aromatic carbocycles. The first-order valence-corrected chi connectivity index (χ1v) is 20.4. The van der Waals surface area contributed by atoms with Crippen molar-refractivity contribution < 1.29 is 76.3 Å². The van der Waals surface area contributed by atoms with Crippen LogP contribution in [0, 0.1) is 0 Å². The van der Waals surface area contributed by atoms with Gasteiger partial charge in [0.05, 0.1) is 25.7 Å². The zero-order valence-electron chi connectivity index (χ0n) is 37.3. The third-order valence-electron chi connectivity index (χ3n) is 8.27. The van der Waals surface area contributed by atoms with Crippen LogP contribution < -0.4 is 0 Å². The van der Waals surface area contributed by atoms with Gasteiger partial charge in [0.25, 0.3) is 0 Å². The smallest absolute Gasteiger partial charge is 0.333 e. The lowest BCUT2D eigenvalue weighted by Gasteiger charge is -2.25. The molecule has 19 heteroatoms. The van der Waals surface area contributed by atoms with Crippen LogP contribution in [-0.2, 0) is 76.3 Å². The van der Waals surface area contributed by atoms with Crippen LogP contribution in [0.3, 0.4) is 0 Å².